The molecule has 0 unspecified atom stereocenters. The Bertz CT molecular complexity index is 1950. The number of anilines is 1. The molecular formula is C39H53N3O7S2Sn. The van der Waals surface area contributed by atoms with Gasteiger partial charge in [0.05, 0.1) is 0 Å². The topological polar surface area (TPSA) is 147 Å². The van der Waals surface area contributed by atoms with Gasteiger partial charge in [-0.1, -0.05) is 0 Å². The quantitative estimate of drug-likeness (QED) is 0.0743. The molecule has 2 aliphatic rings. The van der Waals surface area contributed by atoms with E-state index in [1.807, 2.05) is 25.1 Å². The van der Waals surface area contributed by atoms with Gasteiger partial charge in [0.2, 0.25) is 0 Å². The molecule has 13 heteroatoms. The van der Waals surface area contributed by atoms with Crippen LogP contribution in [0.15, 0.2) is 86.2 Å². The Labute approximate surface area is 313 Å². The number of nitro benzene ring substituents is 1. The molecule has 1 heterocycles. The maximum atomic E-state index is 14.1. The number of hydrogen-bond acceptors (Lipinski definition) is 7. The van der Waals surface area contributed by atoms with Crippen molar-refractivity contribution in [1.82, 2.24) is 4.72 Å². The minimum absolute atomic E-state index is 0.0715. The summed E-state index contributed by atoms with van der Waals surface area (Å²) in [5, 5.41) is 22.5. The first-order valence-corrected chi connectivity index (χ1v) is 29.0. The van der Waals surface area contributed by atoms with Crippen molar-refractivity contribution in [2.24, 2.45) is 0 Å². The zero-order valence-electron chi connectivity index (χ0n) is 30.8. The van der Waals surface area contributed by atoms with Crippen molar-refractivity contribution in [2.45, 2.75) is 114 Å². The first-order valence-electron chi connectivity index (χ1n) is 18.6. The molecule has 0 bridgehead atoms. The molecule has 3 atom stereocenters. The molecule has 3 aromatic rings. The molecule has 2 N–H and O–H groups in total. The molecule has 282 valence electrons. The van der Waals surface area contributed by atoms with Crippen LogP contribution < -0.4 is 9.03 Å². The van der Waals surface area contributed by atoms with Crippen LogP contribution in [0.2, 0.25) is 13.3 Å². The summed E-state index contributed by atoms with van der Waals surface area (Å²) in [6, 6.07) is 16.7. The van der Waals surface area contributed by atoms with Crippen LogP contribution in [-0.4, -0.2) is 64.4 Å². The molecule has 52 heavy (non-hydrogen) atoms. The van der Waals surface area contributed by atoms with Gasteiger partial charge in [-0.3, -0.25) is 0 Å². The number of aliphatic hydroxyl groups excluding tert-OH is 1. The number of sulfonamides is 2. The number of rotatable bonds is 18. The van der Waals surface area contributed by atoms with Gasteiger partial charge >= 0.3 is 309 Å². The van der Waals surface area contributed by atoms with Gasteiger partial charge in [-0.25, -0.2) is 0 Å². The molecule has 0 amide bonds. The molecule has 0 saturated heterocycles. The fourth-order valence-electron chi connectivity index (χ4n) is 8.20. The summed E-state index contributed by atoms with van der Waals surface area (Å²) in [6.45, 7) is 8.61. The number of non-ortho nitro benzene ring substituents is 1. The number of hydrogen-bond donors (Lipinski definition) is 2. The van der Waals surface area contributed by atoms with Crippen LogP contribution in [0.5, 0.6) is 0 Å². The number of aliphatic hydroxyl groups is 1. The molecule has 0 aromatic heterocycles. The molecule has 0 radical (unpaired) electrons. The SMILES string of the molecule is CCC[CH2][Sn]([CH2]CCC)([CH2]CCC)/[C](=C/[C@@H]1c2cccc3c2[C@@H](C[C@H]1NS(=O)(=O)c1ccc([N+](=O)[O-])cc1)CN3S(=O)(=O)c1ccc(C)cc1)CO. The fraction of sp³-hybridized carbons (Fsp3) is 0.487. The Morgan fingerprint density at radius 2 is 1.48 bits per heavy atom. The van der Waals surface area contributed by atoms with E-state index >= 15 is 0 Å². The van der Waals surface area contributed by atoms with Crippen molar-refractivity contribution < 1.29 is 26.9 Å². The molecular weight excluding hydrogens is 805 g/mol. The van der Waals surface area contributed by atoms with Crippen molar-refractivity contribution in [1.29, 1.82) is 0 Å². The number of nitrogens with one attached hydrogen (secondary N) is 1. The van der Waals surface area contributed by atoms with Crippen LogP contribution in [0.25, 0.3) is 0 Å². The summed E-state index contributed by atoms with van der Waals surface area (Å²) in [5.74, 6) is -0.726. The monoisotopic (exact) mass is 859 g/mol. The second-order valence-corrected chi connectivity index (χ2v) is 31.5. The maximum absolute atomic E-state index is 14.1. The third-order valence-electron chi connectivity index (χ3n) is 11.0. The predicted octanol–water partition coefficient (Wildman–Crippen LogP) is 8.34. The van der Waals surface area contributed by atoms with E-state index in [0.717, 1.165) is 72.1 Å². The van der Waals surface area contributed by atoms with Crippen LogP contribution in [-0.2, 0) is 20.0 Å². The Balaban J connectivity index is 1.66. The molecule has 0 spiro atoms. The summed E-state index contributed by atoms with van der Waals surface area (Å²) in [7, 11) is -8.05. The molecule has 1 aliphatic carbocycles. The van der Waals surface area contributed by atoms with Crippen LogP contribution in [0.4, 0.5) is 11.4 Å². The molecule has 0 saturated carbocycles. The first-order chi connectivity index (χ1) is 24.8. The van der Waals surface area contributed by atoms with Crippen molar-refractivity contribution >= 4 is 49.8 Å². The summed E-state index contributed by atoms with van der Waals surface area (Å²) in [6.07, 6.45) is 9.01. The Morgan fingerprint density at radius 1 is 0.904 bits per heavy atom. The van der Waals surface area contributed by atoms with Crippen molar-refractivity contribution in [2.75, 3.05) is 17.5 Å². The van der Waals surface area contributed by atoms with Gasteiger partial charge < -0.3 is 0 Å². The fourth-order valence-corrected chi connectivity index (χ4v) is 27.2. The number of nitrogens with zero attached hydrogens (tertiary/aromatic N) is 2. The van der Waals surface area contributed by atoms with E-state index in [2.05, 4.69) is 31.6 Å². The zero-order valence-corrected chi connectivity index (χ0v) is 35.2. The summed E-state index contributed by atoms with van der Waals surface area (Å²) in [4.78, 5) is 10.8. The average Bonchev–Trinajstić information content (AvgIpc) is 3.51. The summed E-state index contributed by atoms with van der Waals surface area (Å²) < 4.78 is 65.2. The van der Waals surface area contributed by atoms with E-state index in [-0.39, 0.29) is 34.5 Å². The van der Waals surface area contributed by atoms with Gasteiger partial charge in [-0.15, -0.1) is 0 Å². The third-order valence-corrected chi connectivity index (χ3v) is 30.4. The second kappa shape index (κ2) is 17.1. The minimum atomic E-state index is -4.14. The number of nitro groups is 1. The van der Waals surface area contributed by atoms with E-state index in [0.29, 0.717) is 12.1 Å². The molecule has 5 rings (SSSR count). The first kappa shape index (κ1) is 40.4. The summed E-state index contributed by atoms with van der Waals surface area (Å²) >= 11 is -3.20. The normalized spacial score (nSPS) is 19.1. The van der Waals surface area contributed by atoms with Crippen LogP contribution in [0.1, 0.15) is 94.2 Å². The van der Waals surface area contributed by atoms with Gasteiger partial charge in [0, 0.05) is 0 Å². The number of benzene rings is 3. The van der Waals surface area contributed by atoms with Crippen molar-refractivity contribution in [3.05, 3.63) is 103 Å². The molecule has 10 nitrogen and oxygen atoms in total. The second-order valence-electron chi connectivity index (χ2n) is 14.5. The predicted molar refractivity (Wildman–Crippen MR) is 210 cm³/mol. The van der Waals surface area contributed by atoms with Gasteiger partial charge in [-0.05, 0) is 6.92 Å². The Morgan fingerprint density at radius 3 is 2.02 bits per heavy atom. The summed E-state index contributed by atoms with van der Waals surface area (Å²) in [5.41, 5.74) is 3.15. The zero-order chi connectivity index (χ0) is 37.7. The van der Waals surface area contributed by atoms with E-state index in [4.69, 9.17) is 0 Å². The van der Waals surface area contributed by atoms with Gasteiger partial charge in [0.25, 0.3) is 0 Å². The van der Waals surface area contributed by atoms with Gasteiger partial charge in [0.15, 0.2) is 0 Å². The number of aryl methyl sites for hydroxylation is 1. The van der Waals surface area contributed by atoms with Crippen molar-refractivity contribution in [3.8, 4) is 0 Å². The number of unbranched alkanes of at least 4 members (excludes halogenated alkanes) is 3. The van der Waals surface area contributed by atoms with Gasteiger partial charge in [0.1, 0.15) is 0 Å². The van der Waals surface area contributed by atoms with Crippen molar-refractivity contribution in [3.63, 3.8) is 0 Å². The van der Waals surface area contributed by atoms with Crippen LogP contribution in [0, 0.1) is 17.0 Å². The third kappa shape index (κ3) is 8.46. The molecule has 1 aliphatic heterocycles. The van der Waals surface area contributed by atoms with Gasteiger partial charge in [-0.2, -0.15) is 0 Å². The molecule has 3 aromatic carbocycles. The molecule has 0 fully saturated rings. The standard InChI is InChI=1S/C27H26N3O7S2.3C4H9.Sn/c1-18-7-11-22(12-8-18)39(36,37)29-17-19-16-25(23(5-3-15-31)24-4-2-6-26(29)27(19)24)28-38(34,35)21-13-9-20(10-14-21)30(32)33;3*1-3-4-2;/h2,4-14,19,23,25,28,31H,15-17H2,1H3;3*1,3-4H2,2H3;/t19-,23+,25+;;;;/m0..../s1. The Kier molecular flexibility index (Phi) is 13.3. The van der Waals surface area contributed by atoms with E-state index < -0.39 is 55.3 Å². The van der Waals surface area contributed by atoms with E-state index in [1.165, 1.54) is 28.6 Å². The average molecular weight is 859 g/mol. The van der Waals surface area contributed by atoms with E-state index in [9.17, 15) is 32.1 Å². The van der Waals surface area contributed by atoms with E-state index in [1.54, 1.807) is 24.3 Å². The van der Waals surface area contributed by atoms with Crippen LogP contribution in [0.3, 0.4) is 0 Å². The van der Waals surface area contributed by atoms with Crippen LogP contribution >= 0.6 is 0 Å². The Hall–Kier alpha value is -2.78.